The lowest BCUT2D eigenvalue weighted by molar-refractivity contribution is 0.581. The number of hydrogen-bond acceptors (Lipinski definition) is 3. The number of rotatable bonds is 3. The van der Waals surface area contributed by atoms with Gasteiger partial charge < -0.3 is 10.7 Å². The van der Waals surface area contributed by atoms with Crippen LogP contribution in [0.5, 0.6) is 0 Å². The standard InChI is InChI=1S/C14H11F2N3OS/c15-9-3-8(4-10(16)5-9)7-21(20)14-18-12-2-1-11(17)6-13(12)19-14/h1-6H,7,17H2,(H,18,19). The number of hydrogen-bond donors (Lipinski definition) is 2. The van der Waals surface area contributed by atoms with Gasteiger partial charge in [-0.2, -0.15) is 0 Å². The average molecular weight is 307 g/mol. The molecule has 0 fully saturated rings. The van der Waals surface area contributed by atoms with Crippen LogP contribution in [-0.4, -0.2) is 14.2 Å². The van der Waals surface area contributed by atoms with Crippen molar-refractivity contribution in [1.29, 1.82) is 0 Å². The normalized spacial score (nSPS) is 12.7. The first kappa shape index (κ1) is 13.7. The van der Waals surface area contributed by atoms with Gasteiger partial charge in [-0.25, -0.2) is 13.8 Å². The highest BCUT2D eigenvalue weighted by Gasteiger charge is 2.12. The van der Waals surface area contributed by atoms with Gasteiger partial charge in [0.1, 0.15) is 11.6 Å². The van der Waals surface area contributed by atoms with Crippen LogP contribution < -0.4 is 5.73 Å². The Morgan fingerprint density at radius 2 is 1.86 bits per heavy atom. The van der Waals surface area contributed by atoms with E-state index in [1.165, 1.54) is 0 Å². The van der Waals surface area contributed by atoms with Gasteiger partial charge in [0, 0.05) is 11.8 Å². The number of halogens is 2. The van der Waals surface area contributed by atoms with Crippen LogP contribution in [0.1, 0.15) is 5.56 Å². The molecule has 1 aromatic heterocycles. The maximum absolute atomic E-state index is 13.1. The maximum atomic E-state index is 13.1. The Morgan fingerprint density at radius 1 is 1.14 bits per heavy atom. The summed E-state index contributed by atoms with van der Waals surface area (Å²) in [6.07, 6.45) is 0. The summed E-state index contributed by atoms with van der Waals surface area (Å²) in [5.74, 6) is -1.41. The molecule has 0 saturated carbocycles. The summed E-state index contributed by atoms with van der Waals surface area (Å²) in [6, 6.07) is 8.17. The molecule has 0 radical (unpaired) electrons. The van der Waals surface area contributed by atoms with Gasteiger partial charge in [0.25, 0.3) is 0 Å². The quantitative estimate of drug-likeness (QED) is 0.731. The Bertz CT molecular complexity index is 827. The van der Waals surface area contributed by atoms with E-state index in [0.29, 0.717) is 22.3 Å². The van der Waals surface area contributed by atoms with E-state index in [1.807, 2.05) is 0 Å². The fraction of sp³-hybridized carbons (Fsp3) is 0.0714. The highest BCUT2D eigenvalue weighted by Crippen LogP contribution is 2.18. The second-order valence-corrected chi connectivity index (χ2v) is 5.95. The molecule has 7 heteroatoms. The molecule has 21 heavy (non-hydrogen) atoms. The number of fused-ring (bicyclic) bond motifs is 1. The monoisotopic (exact) mass is 307 g/mol. The SMILES string of the molecule is Nc1ccc2nc(S(=O)Cc3cc(F)cc(F)c3)[nH]c2c1. The minimum Gasteiger partial charge on any atom is -0.399 e. The molecular weight excluding hydrogens is 296 g/mol. The molecule has 3 rings (SSSR count). The van der Waals surface area contributed by atoms with Gasteiger partial charge in [0.05, 0.1) is 27.6 Å². The third-order valence-corrected chi connectivity index (χ3v) is 4.14. The largest absolute Gasteiger partial charge is 0.399 e. The molecular formula is C14H11F2N3OS. The van der Waals surface area contributed by atoms with Crippen LogP contribution in [0.4, 0.5) is 14.5 Å². The minimum atomic E-state index is -1.53. The first-order valence-corrected chi connectivity index (χ1v) is 7.42. The summed E-state index contributed by atoms with van der Waals surface area (Å²) in [7, 11) is -1.53. The fourth-order valence-electron chi connectivity index (χ4n) is 2.03. The second-order valence-electron chi connectivity index (χ2n) is 4.59. The minimum absolute atomic E-state index is 0.0238. The maximum Gasteiger partial charge on any atom is 0.197 e. The van der Waals surface area contributed by atoms with Crippen molar-refractivity contribution in [3.05, 3.63) is 53.6 Å². The van der Waals surface area contributed by atoms with Gasteiger partial charge in [-0.15, -0.1) is 0 Å². The van der Waals surface area contributed by atoms with Crippen molar-refractivity contribution in [2.24, 2.45) is 0 Å². The van der Waals surface area contributed by atoms with Gasteiger partial charge in [-0.3, -0.25) is 4.21 Å². The van der Waals surface area contributed by atoms with Crippen LogP contribution in [0, 0.1) is 11.6 Å². The predicted octanol–water partition coefficient (Wildman–Crippen LogP) is 2.73. The van der Waals surface area contributed by atoms with Gasteiger partial charge in [0.15, 0.2) is 5.16 Å². The van der Waals surface area contributed by atoms with E-state index in [9.17, 15) is 13.0 Å². The van der Waals surface area contributed by atoms with E-state index < -0.39 is 22.4 Å². The number of H-pyrrole nitrogens is 1. The third-order valence-electron chi connectivity index (χ3n) is 2.92. The summed E-state index contributed by atoms with van der Waals surface area (Å²) in [5.41, 5.74) is 7.84. The lowest BCUT2D eigenvalue weighted by atomic mass is 10.2. The lowest BCUT2D eigenvalue weighted by Crippen LogP contribution is -1.99. The van der Waals surface area contributed by atoms with E-state index in [0.717, 1.165) is 18.2 Å². The molecule has 0 spiro atoms. The third kappa shape index (κ3) is 2.92. The summed E-state index contributed by atoms with van der Waals surface area (Å²) in [5, 5.41) is 0.250. The number of aromatic nitrogens is 2. The number of nitrogens with two attached hydrogens (primary N) is 1. The zero-order valence-corrected chi connectivity index (χ0v) is 11.6. The molecule has 2 aromatic carbocycles. The van der Waals surface area contributed by atoms with Gasteiger partial charge in [-0.1, -0.05) is 0 Å². The van der Waals surface area contributed by atoms with Crippen molar-refractivity contribution >= 4 is 27.5 Å². The molecule has 0 amide bonds. The number of nitrogens with zero attached hydrogens (tertiary/aromatic N) is 1. The zero-order chi connectivity index (χ0) is 15.0. The number of nitrogen functional groups attached to an aromatic ring is 1. The molecule has 4 nitrogen and oxygen atoms in total. The molecule has 3 N–H and O–H groups in total. The van der Waals surface area contributed by atoms with E-state index in [4.69, 9.17) is 5.73 Å². The van der Waals surface area contributed by atoms with Crippen LogP contribution in [0.25, 0.3) is 11.0 Å². The van der Waals surface area contributed by atoms with E-state index in [2.05, 4.69) is 9.97 Å². The topological polar surface area (TPSA) is 71.8 Å². The smallest absolute Gasteiger partial charge is 0.197 e. The Hall–Kier alpha value is -2.28. The van der Waals surface area contributed by atoms with E-state index >= 15 is 0 Å². The number of anilines is 1. The van der Waals surface area contributed by atoms with Crippen LogP contribution in [0.15, 0.2) is 41.6 Å². The molecule has 108 valence electrons. The Labute approximate surface area is 121 Å². The molecule has 1 unspecified atom stereocenters. The van der Waals surface area contributed by atoms with Gasteiger partial charge in [0.2, 0.25) is 0 Å². The van der Waals surface area contributed by atoms with Crippen LogP contribution in [0.3, 0.4) is 0 Å². The fourth-order valence-corrected chi connectivity index (χ4v) is 3.06. The second kappa shape index (κ2) is 5.25. The van der Waals surface area contributed by atoms with Crippen molar-refractivity contribution < 1.29 is 13.0 Å². The molecule has 0 aliphatic heterocycles. The number of aromatic amines is 1. The first-order valence-electron chi connectivity index (χ1n) is 6.10. The van der Waals surface area contributed by atoms with Crippen molar-refractivity contribution in [2.75, 3.05) is 5.73 Å². The van der Waals surface area contributed by atoms with Crippen LogP contribution >= 0.6 is 0 Å². The van der Waals surface area contributed by atoms with Crippen molar-refractivity contribution in [3.8, 4) is 0 Å². The highest BCUT2D eigenvalue weighted by molar-refractivity contribution is 7.84. The van der Waals surface area contributed by atoms with E-state index in [-0.39, 0.29) is 10.9 Å². The Balaban J connectivity index is 1.89. The van der Waals surface area contributed by atoms with Gasteiger partial charge >= 0.3 is 0 Å². The lowest BCUT2D eigenvalue weighted by Gasteiger charge is -2.00. The van der Waals surface area contributed by atoms with Crippen molar-refractivity contribution in [1.82, 2.24) is 9.97 Å². The van der Waals surface area contributed by atoms with Gasteiger partial charge in [-0.05, 0) is 35.9 Å². The van der Waals surface area contributed by atoms with Crippen molar-refractivity contribution in [2.45, 2.75) is 10.9 Å². The van der Waals surface area contributed by atoms with Crippen LogP contribution in [-0.2, 0) is 16.6 Å². The first-order chi connectivity index (χ1) is 10.0. The summed E-state index contributed by atoms with van der Waals surface area (Å²) >= 11 is 0. The molecule has 0 bridgehead atoms. The van der Waals surface area contributed by atoms with Crippen LogP contribution in [0.2, 0.25) is 0 Å². The molecule has 1 heterocycles. The molecule has 0 aliphatic carbocycles. The summed E-state index contributed by atoms with van der Waals surface area (Å²) in [4.78, 5) is 7.10. The number of benzene rings is 2. The molecule has 0 aliphatic rings. The zero-order valence-electron chi connectivity index (χ0n) is 10.8. The number of nitrogens with one attached hydrogen (secondary N) is 1. The van der Waals surface area contributed by atoms with Crippen molar-refractivity contribution in [3.63, 3.8) is 0 Å². The molecule has 0 saturated heterocycles. The molecule has 1 atom stereocenters. The Kier molecular flexibility index (Phi) is 3.42. The predicted molar refractivity (Wildman–Crippen MR) is 77.0 cm³/mol. The highest BCUT2D eigenvalue weighted by atomic mass is 32.2. The average Bonchev–Trinajstić information content (AvgIpc) is 2.80. The summed E-state index contributed by atoms with van der Waals surface area (Å²) < 4.78 is 38.5. The summed E-state index contributed by atoms with van der Waals surface area (Å²) in [6.45, 7) is 0. The number of imidazole rings is 1. The van der Waals surface area contributed by atoms with E-state index in [1.54, 1.807) is 18.2 Å². The Morgan fingerprint density at radius 3 is 2.57 bits per heavy atom. The molecule has 3 aromatic rings.